The number of rotatable bonds is 10. The summed E-state index contributed by atoms with van der Waals surface area (Å²) in [6, 6.07) is 9.37. The molecule has 0 aliphatic carbocycles. The van der Waals surface area contributed by atoms with Gasteiger partial charge in [-0.05, 0) is 36.2 Å². The summed E-state index contributed by atoms with van der Waals surface area (Å²) in [7, 11) is 1.26. The summed E-state index contributed by atoms with van der Waals surface area (Å²) < 4.78 is 0. The predicted octanol–water partition coefficient (Wildman–Crippen LogP) is 6.67. The molecule has 2 heteroatoms. The molecule has 25 heavy (non-hydrogen) atoms. The van der Waals surface area contributed by atoms with Crippen molar-refractivity contribution in [2.45, 2.75) is 72.3 Å². The molecule has 1 radical (unpaired) electrons. The van der Waals surface area contributed by atoms with Crippen LogP contribution in [0.1, 0.15) is 45.6 Å². The van der Waals surface area contributed by atoms with Gasteiger partial charge in [0.15, 0.2) is 0 Å². The summed E-state index contributed by atoms with van der Waals surface area (Å²) in [6.45, 7) is 24.5. The summed E-state index contributed by atoms with van der Waals surface area (Å²) >= 11 is 0. The molecular weight excluding hydrogens is 315 g/mol. The molecule has 3 unspecified atom stereocenters. The molecule has 137 valence electrons. The first-order chi connectivity index (χ1) is 11.5. The molecule has 0 heterocycles. The van der Waals surface area contributed by atoms with Gasteiger partial charge in [-0.1, -0.05) is 101 Å². The predicted molar refractivity (Wildman–Crippen MR) is 120 cm³/mol. The fraction of sp³-hybridized carbons (Fsp3) is 0.565. The van der Waals surface area contributed by atoms with E-state index in [0.717, 1.165) is 19.1 Å². The topological polar surface area (TPSA) is 0 Å². The SMILES string of the molecule is C=CC(C)(C[B]CC(C)c1ccc([Si](C)(C)C)cc1)CC(C)C(=C)C. The van der Waals surface area contributed by atoms with E-state index in [9.17, 15) is 0 Å². The minimum atomic E-state index is -1.20. The standard InChI is InChI=1S/C23H38BSi/c1-10-23(6,15-19(4)18(2)3)17-24-16-20(5)21-11-13-22(14-12-21)25(7,8)9/h10-14,19-20H,1-2,15-17H2,3-9H3. The van der Waals surface area contributed by atoms with Gasteiger partial charge in [0.1, 0.15) is 7.28 Å². The van der Waals surface area contributed by atoms with Gasteiger partial charge >= 0.3 is 0 Å². The Bertz CT molecular complexity index is 567. The maximum Gasteiger partial charge on any atom is 0.111 e. The molecular formula is C23H38BSi. The van der Waals surface area contributed by atoms with Crippen molar-refractivity contribution in [3.63, 3.8) is 0 Å². The lowest BCUT2D eigenvalue weighted by atomic mass is 9.57. The van der Waals surface area contributed by atoms with Gasteiger partial charge in [0.05, 0.1) is 8.07 Å². The zero-order chi connectivity index (χ0) is 19.3. The molecule has 0 fully saturated rings. The zero-order valence-corrected chi connectivity index (χ0v) is 18.7. The van der Waals surface area contributed by atoms with Crippen LogP contribution in [-0.2, 0) is 0 Å². The Hall–Kier alpha value is -1.02. The van der Waals surface area contributed by atoms with E-state index in [-0.39, 0.29) is 5.41 Å². The number of hydrogen-bond donors (Lipinski definition) is 0. The highest BCUT2D eigenvalue weighted by Crippen LogP contribution is 2.34. The Kier molecular flexibility index (Phi) is 7.99. The third-order valence-corrected chi connectivity index (χ3v) is 7.65. The van der Waals surface area contributed by atoms with Crippen LogP contribution in [0.3, 0.4) is 0 Å². The third kappa shape index (κ3) is 7.01. The van der Waals surface area contributed by atoms with Crippen molar-refractivity contribution in [2.24, 2.45) is 11.3 Å². The van der Waals surface area contributed by atoms with Crippen molar-refractivity contribution in [1.29, 1.82) is 0 Å². The lowest BCUT2D eigenvalue weighted by Gasteiger charge is -2.30. The van der Waals surface area contributed by atoms with Crippen molar-refractivity contribution in [3.8, 4) is 0 Å². The molecule has 1 aromatic rings. The molecule has 0 saturated heterocycles. The largest absolute Gasteiger partial charge is 0.111 e. The lowest BCUT2D eigenvalue weighted by molar-refractivity contribution is 0.377. The molecule has 0 aliphatic rings. The molecule has 0 saturated carbocycles. The van der Waals surface area contributed by atoms with E-state index in [1.807, 2.05) is 0 Å². The first kappa shape index (κ1) is 22.0. The number of hydrogen-bond acceptors (Lipinski definition) is 0. The Labute approximate surface area is 159 Å². The summed E-state index contributed by atoms with van der Waals surface area (Å²) in [4.78, 5) is 0. The molecule has 0 aromatic heterocycles. The number of allylic oxidation sites excluding steroid dienone is 2. The van der Waals surface area contributed by atoms with E-state index < -0.39 is 8.07 Å². The van der Waals surface area contributed by atoms with Gasteiger partial charge in [0.2, 0.25) is 0 Å². The second kappa shape index (κ2) is 9.07. The van der Waals surface area contributed by atoms with Crippen molar-refractivity contribution >= 4 is 20.5 Å². The van der Waals surface area contributed by atoms with Gasteiger partial charge in [-0.3, -0.25) is 0 Å². The first-order valence-electron chi connectivity index (χ1n) is 9.69. The van der Waals surface area contributed by atoms with E-state index in [2.05, 4.69) is 98.1 Å². The Morgan fingerprint density at radius 3 is 2.20 bits per heavy atom. The van der Waals surface area contributed by atoms with Crippen LogP contribution in [0.25, 0.3) is 0 Å². The van der Waals surface area contributed by atoms with Crippen LogP contribution in [0.15, 0.2) is 49.1 Å². The van der Waals surface area contributed by atoms with Crippen LogP contribution < -0.4 is 5.19 Å². The average molecular weight is 353 g/mol. The molecule has 0 bridgehead atoms. The quantitative estimate of drug-likeness (QED) is 0.325. The Balaban J connectivity index is 2.59. The fourth-order valence-corrected chi connectivity index (χ4v) is 4.40. The van der Waals surface area contributed by atoms with Crippen LogP contribution in [0.2, 0.25) is 32.3 Å². The van der Waals surface area contributed by atoms with Gasteiger partial charge in [0.25, 0.3) is 0 Å². The van der Waals surface area contributed by atoms with E-state index in [1.165, 1.54) is 11.1 Å². The highest BCUT2D eigenvalue weighted by molar-refractivity contribution is 6.88. The van der Waals surface area contributed by atoms with E-state index in [4.69, 9.17) is 0 Å². The van der Waals surface area contributed by atoms with E-state index >= 15 is 0 Å². The summed E-state index contributed by atoms with van der Waals surface area (Å²) in [5.74, 6) is 1.12. The lowest BCUT2D eigenvalue weighted by Crippen LogP contribution is -2.37. The average Bonchev–Trinajstić information content (AvgIpc) is 2.53. The molecule has 3 atom stereocenters. The summed E-state index contributed by atoms with van der Waals surface area (Å²) in [6.07, 6.45) is 5.47. The summed E-state index contributed by atoms with van der Waals surface area (Å²) in [5, 5.41) is 1.54. The smallest absolute Gasteiger partial charge is 0.103 e. The Morgan fingerprint density at radius 2 is 1.76 bits per heavy atom. The monoisotopic (exact) mass is 353 g/mol. The maximum atomic E-state index is 4.10. The van der Waals surface area contributed by atoms with Crippen LogP contribution in [0.5, 0.6) is 0 Å². The maximum absolute atomic E-state index is 4.10. The molecule has 0 aliphatic heterocycles. The molecule has 0 nitrogen and oxygen atoms in total. The van der Waals surface area contributed by atoms with Gasteiger partial charge < -0.3 is 0 Å². The van der Waals surface area contributed by atoms with Gasteiger partial charge in [0, 0.05) is 0 Å². The van der Waals surface area contributed by atoms with Crippen LogP contribution in [-0.4, -0.2) is 15.4 Å². The highest BCUT2D eigenvalue weighted by atomic mass is 28.3. The van der Waals surface area contributed by atoms with Crippen molar-refractivity contribution < 1.29 is 0 Å². The Morgan fingerprint density at radius 1 is 1.20 bits per heavy atom. The van der Waals surface area contributed by atoms with Gasteiger partial charge in [-0.15, -0.1) is 6.58 Å². The van der Waals surface area contributed by atoms with Gasteiger partial charge in [-0.25, -0.2) is 0 Å². The molecule has 0 spiro atoms. The van der Waals surface area contributed by atoms with Crippen LogP contribution in [0, 0.1) is 11.3 Å². The second-order valence-corrected chi connectivity index (χ2v) is 14.4. The molecule has 0 amide bonds. The minimum Gasteiger partial charge on any atom is -0.103 e. The minimum absolute atomic E-state index is 0.166. The van der Waals surface area contributed by atoms with E-state index in [1.54, 1.807) is 5.19 Å². The third-order valence-electron chi connectivity index (χ3n) is 5.58. The van der Waals surface area contributed by atoms with Crippen LogP contribution in [0.4, 0.5) is 0 Å². The van der Waals surface area contributed by atoms with E-state index in [0.29, 0.717) is 11.8 Å². The second-order valence-electron chi connectivity index (χ2n) is 9.31. The molecule has 0 N–H and O–H groups in total. The van der Waals surface area contributed by atoms with Gasteiger partial charge in [-0.2, -0.15) is 0 Å². The van der Waals surface area contributed by atoms with Crippen molar-refractivity contribution in [1.82, 2.24) is 0 Å². The first-order valence-corrected chi connectivity index (χ1v) is 13.2. The van der Waals surface area contributed by atoms with Crippen molar-refractivity contribution in [2.75, 3.05) is 0 Å². The summed E-state index contributed by atoms with van der Waals surface area (Å²) in [5.41, 5.74) is 2.89. The molecule has 1 rings (SSSR count). The van der Waals surface area contributed by atoms with Crippen molar-refractivity contribution in [3.05, 3.63) is 54.6 Å². The molecule has 1 aromatic carbocycles. The zero-order valence-electron chi connectivity index (χ0n) is 17.7. The highest BCUT2D eigenvalue weighted by Gasteiger charge is 2.24. The fourth-order valence-electron chi connectivity index (χ4n) is 3.23. The van der Waals surface area contributed by atoms with Crippen LogP contribution >= 0.6 is 0 Å². The number of benzene rings is 1. The normalized spacial score (nSPS) is 16.6.